The van der Waals surface area contributed by atoms with Gasteiger partial charge in [0.25, 0.3) is 0 Å². The van der Waals surface area contributed by atoms with E-state index in [0.29, 0.717) is 104 Å². The molecule has 0 aliphatic carbocycles. The topological polar surface area (TPSA) is 199 Å². The largest absolute Gasteiger partial charge is 0.508 e. The van der Waals surface area contributed by atoms with Gasteiger partial charge in [-0.15, -0.1) is 0 Å². The Morgan fingerprint density at radius 3 is 1.13 bits per heavy atom. The molecule has 3 amide bonds. The van der Waals surface area contributed by atoms with Crippen molar-refractivity contribution in [3.05, 3.63) is 205 Å². The van der Waals surface area contributed by atoms with Crippen molar-refractivity contribution in [3.8, 4) is 62.4 Å². The number of halogens is 3. The first-order chi connectivity index (χ1) is 42.0. The molecule has 0 spiro atoms. The third kappa shape index (κ3) is 19.4. The van der Waals surface area contributed by atoms with E-state index >= 15 is 0 Å². The highest BCUT2D eigenvalue weighted by molar-refractivity contribution is 5.77. The lowest BCUT2D eigenvalue weighted by atomic mass is 10.1. The molecule has 0 unspecified atom stereocenters. The van der Waals surface area contributed by atoms with Gasteiger partial charge in [0, 0.05) is 144 Å². The molecule has 1 N–H and O–H groups in total. The number of ether oxygens (including phenoxy) is 3. The molecule has 452 valence electrons. The molecule has 0 bridgehead atoms. The zero-order chi connectivity index (χ0) is 62.2. The molecule has 0 fully saturated rings. The van der Waals surface area contributed by atoms with Gasteiger partial charge in [-0.25, -0.2) is 13.2 Å². The summed E-state index contributed by atoms with van der Waals surface area (Å²) in [7, 11) is 9.68. The maximum absolute atomic E-state index is 13.5. The van der Waals surface area contributed by atoms with Crippen molar-refractivity contribution in [3.63, 3.8) is 0 Å². The van der Waals surface area contributed by atoms with Crippen LogP contribution in [0.25, 0.3) is 33.4 Å². The first-order valence-corrected chi connectivity index (χ1v) is 28.0. The second-order valence-corrected chi connectivity index (χ2v) is 20.4. The summed E-state index contributed by atoms with van der Waals surface area (Å²) in [6.07, 6.45) is 17.7. The summed E-state index contributed by atoms with van der Waals surface area (Å²) in [6.45, 7) is 2.73. The Balaban J connectivity index is 0.000000187. The number of nitriles is 1. The number of rotatable bonds is 24. The van der Waals surface area contributed by atoms with Crippen LogP contribution in [0.15, 0.2) is 165 Å². The summed E-state index contributed by atoms with van der Waals surface area (Å²) in [5.74, 6) is 0.789. The molecular weight excluding hydrogens is 1120 g/mol. The number of phenolic OH excluding ortho intramolecular Hbond substituents is 1. The summed E-state index contributed by atoms with van der Waals surface area (Å²) < 4.78 is 61.6. The van der Waals surface area contributed by atoms with Gasteiger partial charge in [-0.1, -0.05) is 24.3 Å². The molecule has 0 aliphatic heterocycles. The van der Waals surface area contributed by atoms with Crippen LogP contribution in [-0.4, -0.2) is 114 Å². The smallest absolute Gasteiger partial charge is 0.222 e. The number of amides is 3. The Morgan fingerprint density at radius 1 is 0.483 bits per heavy atom. The molecule has 0 aliphatic rings. The van der Waals surface area contributed by atoms with Gasteiger partial charge >= 0.3 is 0 Å². The molecule has 0 radical (unpaired) electrons. The fraction of sp³-hybridized carbons (Fsp3) is 0.273. The van der Waals surface area contributed by atoms with Gasteiger partial charge in [0.05, 0.1) is 51.6 Å². The number of aryl methyl sites for hydroxylation is 3. The van der Waals surface area contributed by atoms with E-state index in [-0.39, 0.29) is 54.0 Å². The van der Waals surface area contributed by atoms with Crippen LogP contribution in [0.5, 0.6) is 23.0 Å². The summed E-state index contributed by atoms with van der Waals surface area (Å²) in [5.41, 5.74) is 8.46. The quantitative estimate of drug-likeness (QED) is 0.0601. The van der Waals surface area contributed by atoms with Crippen molar-refractivity contribution in [2.45, 2.75) is 77.8 Å². The molecule has 0 atom stereocenters. The highest BCUT2D eigenvalue weighted by Crippen LogP contribution is 2.26. The average molecular weight is 1190 g/mol. The van der Waals surface area contributed by atoms with Crippen molar-refractivity contribution in [1.82, 2.24) is 49.0 Å². The number of hydrogen-bond acceptors (Lipinski definition) is 12. The number of nitrogens with zero attached hydrogens (tertiary/aromatic N) is 11. The first-order valence-electron chi connectivity index (χ1n) is 28.0. The molecule has 4 heterocycles. The number of phenols is 1. The van der Waals surface area contributed by atoms with E-state index in [4.69, 9.17) is 19.5 Å². The lowest BCUT2D eigenvalue weighted by Gasteiger charge is -2.19. The van der Waals surface area contributed by atoms with Gasteiger partial charge in [-0.3, -0.25) is 33.4 Å². The monoisotopic (exact) mass is 1190 g/mol. The lowest BCUT2D eigenvalue weighted by molar-refractivity contribution is -0.131. The fourth-order valence-electron chi connectivity index (χ4n) is 9.23. The van der Waals surface area contributed by atoms with Gasteiger partial charge < -0.3 is 34.0 Å². The number of aromatic hydroxyl groups is 1. The van der Waals surface area contributed by atoms with E-state index in [1.54, 1.807) is 119 Å². The summed E-state index contributed by atoms with van der Waals surface area (Å²) >= 11 is 0. The molecule has 9 aromatic rings. The fourth-order valence-corrected chi connectivity index (χ4v) is 9.23. The Morgan fingerprint density at radius 2 is 0.805 bits per heavy atom. The van der Waals surface area contributed by atoms with Crippen molar-refractivity contribution in [2.24, 2.45) is 0 Å². The van der Waals surface area contributed by atoms with Gasteiger partial charge in [-0.05, 0) is 127 Å². The van der Waals surface area contributed by atoms with E-state index in [0.717, 1.165) is 33.4 Å². The summed E-state index contributed by atoms with van der Waals surface area (Å²) in [6, 6.07) is 33.1. The second kappa shape index (κ2) is 32.2. The van der Waals surface area contributed by atoms with E-state index in [2.05, 4.69) is 26.3 Å². The van der Waals surface area contributed by atoms with Crippen LogP contribution in [0.3, 0.4) is 0 Å². The van der Waals surface area contributed by atoms with Crippen LogP contribution in [0.4, 0.5) is 13.2 Å². The van der Waals surface area contributed by atoms with E-state index in [1.807, 2.05) is 59.7 Å². The molecule has 5 aromatic carbocycles. The van der Waals surface area contributed by atoms with Gasteiger partial charge in [0.2, 0.25) is 17.7 Å². The zero-order valence-corrected chi connectivity index (χ0v) is 49.5. The van der Waals surface area contributed by atoms with Crippen molar-refractivity contribution < 1.29 is 46.9 Å². The number of benzene rings is 5. The van der Waals surface area contributed by atoms with E-state index < -0.39 is 0 Å². The molecule has 21 heteroatoms. The molecule has 87 heavy (non-hydrogen) atoms. The molecular formula is C66H70F3N11O7. The Kier molecular flexibility index (Phi) is 23.8. The number of pyridine rings is 1. The predicted octanol–water partition coefficient (Wildman–Crippen LogP) is 11.4. The summed E-state index contributed by atoms with van der Waals surface area (Å²) in [5, 5.41) is 31.3. The second-order valence-electron chi connectivity index (χ2n) is 20.4. The highest BCUT2D eigenvalue weighted by Gasteiger charge is 2.17. The van der Waals surface area contributed by atoms with Crippen LogP contribution in [0, 0.1) is 28.8 Å². The number of methoxy groups -OCH3 is 3. The SMILES string of the molecule is COc1ccc(F)cc1CN(C)C(=O)CCCn1cc(-c2ccc(C#N)cc2)cn1.COc1ccc(F)cc1CN(C)C(=O)CCCn1cc(-c2ccc(O)cc2)cn1.COc1ccc(F)cc1CN(C)C(=O)CCCn1cc(-c2ccncc2)cn1. The minimum Gasteiger partial charge on any atom is -0.508 e. The molecule has 0 saturated carbocycles. The molecule has 18 nitrogen and oxygen atoms in total. The van der Waals surface area contributed by atoms with Crippen molar-refractivity contribution >= 4 is 17.7 Å². The lowest BCUT2D eigenvalue weighted by Crippen LogP contribution is -2.26. The Bertz CT molecular complexity index is 3720. The van der Waals surface area contributed by atoms with Crippen LogP contribution in [-0.2, 0) is 53.7 Å². The minimum absolute atomic E-state index is 0.00664. The Hall–Kier alpha value is -10.2. The average Bonchev–Trinajstić information content (AvgIpc) is 4.51. The standard InChI is InChI=1S/C23H23FN4O2.C22H24FN3O3.C21H23FN4O2/c1-27(15-19-12-21(24)9-10-22(19)30-2)23(29)4-3-11-28-16-20(14-26-28)18-7-5-17(13-25)6-8-18;1-25(14-17-12-19(23)7-10-21(17)29-2)22(28)4-3-11-26-15-18(13-24-26)16-5-8-20(27)9-6-16;1-25(14-17-12-19(22)5-6-20(17)28-2)21(27)4-3-11-26-15-18(13-24-26)16-7-9-23-10-8-16/h5-10,12,14,16H,3-4,11,15H2,1-2H3;5-10,12-13,15,27H,3-4,11,14H2,1-2H3;5-10,12-13,15H,3-4,11,14H2,1-2H3. The first kappa shape index (κ1) is 64.3. The van der Waals surface area contributed by atoms with Gasteiger partial charge in [0.15, 0.2) is 0 Å². The van der Waals surface area contributed by atoms with Crippen LogP contribution < -0.4 is 14.2 Å². The normalized spacial score (nSPS) is 10.6. The van der Waals surface area contributed by atoms with E-state index in [9.17, 15) is 32.7 Å². The minimum atomic E-state index is -0.358. The maximum Gasteiger partial charge on any atom is 0.222 e. The third-order valence-electron chi connectivity index (χ3n) is 14.0. The van der Waals surface area contributed by atoms with E-state index in [1.165, 1.54) is 57.7 Å². The van der Waals surface area contributed by atoms with Crippen LogP contribution >= 0.6 is 0 Å². The summed E-state index contributed by atoms with van der Waals surface area (Å²) in [4.78, 5) is 46.0. The Labute approximate surface area is 504 Å². The molecule has 9 rings (SSSR count). The highest BCUT2D eigenvalue weighted by atomic mass is 19.1. The number of hydrogen-bond donors (Lipinski definition) is 1. The number of carbonyl (C=O) groups excluding carboxylic acids is 3. The molecule has 0 saturated heterocycles. The van der Waals surface area contributed by atoms with Crippen LogP contribution in [0.2, 0.25) is 0 Å². The number of aromatic nitrogens is 7. The molecule has 4 aromatic heterocycles. The van der Waals surface area contributed by atoms with Gasteiger partial charge in [-0.2, -0.15) is 20.6 Å². The van der Waals surface area contributed by atoms with Crippen molar-refractivity contribution in [2.75, 3.05) is 42.5 Å². The zero-order valence-electron chi connectivity index (χ0n) is 49.5. The third-order valence-corrected chi connectivity index (χ3v) is 14.0. The number of carbonyl (C=O) groups is 3. The van der Waals surface area contributed by atoms with Crippen LogP contribution in [0.1, 0.15) is 60.8 Å². The maximum atomic E-state index is 13.5. The van der Waals surface area contributed by atoms with Gasteiger partial charge in [0.1, 0.15) is 40.4 Å². The van der Waals surface area contributed by atoms with Crippen molar-refractivity contribution in [1.29, 1.82) is 5.26 Å². The predicted molar refractivity (Wildman–Crippen MR) is 323 cm³/mol.